The lowest BCUT2D eigenvalue weighted by molar-refractivity contribution is 0.196. The van der Waals surface area contributed by atoms with Gasteiger partial charge in [0.15, 0.2) is 0 Å². The molecular weight excluding hydrogens is 218 g/mol. The van der Waals surface area contributed by atoms with Crippen LogP contribution in [0.15, 0.2) is 0 Å². The largest absolute Gasteiger partial charge is 0.316 e. The summed E-state index contributed by atoms with van der Waals surface area (Å²) < 4.78 is 0. The molecule has 0 aromatic rings. The lowest BCUT2D eigenvalue weighted by Crippen LogP contribution is -2.39. The zero-order chi connectivity index (χ0) is 12.3. The van der Waals surface area contributed by atoms with Gasteiger partial charge in [0, 0.05) is 6.04 Å². The predicted octanol–water partition coefficient (Wildman–Crippen LogP) is 3.69. The summed E-state index contributed by atoms with van der Waals surface area (Å²) >= 11 is 0. The Balaban J connectivity index is 1.46. The highest BCUT2D eigenvalue weighted by Gasteiger charge is 2.67. The van der Waals surface area contributed by atoms with Gasteiger partial charge in [-0.15, -0.1) is 0 Å². The first-order chi connectivity index (χ1) is 8.79. The SMILES string of the molecule is CNC(C1CCCC(C)C1)C1C2C3CCC(C3)C21. The van der Waals surface area contributed by atoms with Crippen molar-refractivity contribution in [2.75, 3.05) is 7.05 Å². The molecule has 18 heavy (non-hydrogen) atoms. The molecule has 4 aliphatic rings. The molecule has 7 atom stereocenters. The second kappa shape index (κ2) is 4.23. The van der Waals surface area contributed by atoms with Crippen LogP contribution in [0.2, 0.25) is 0 Å². The van der Waals surface area contributed by atoms with Gasteiger partial charge in [-0.2, -0.15) is 0 Å². The van der Waals surface area contributed by atoms with Gasteiger partial charge in [0.1, 0.15) is 0 Å². The summed E-state index contributed by atoms with van der Waals surface area (Å²) in [5, 5.41) is 3.75. The summed E-state index contributed by atoms with van der Waals surface area (Å²) in [7, 11) is 2.24. The van der Waals surface area contributed by atoms with E-state index in [1.165, 1.54) is 25.7 Å². The van der Waals surface area contributed by atoms with Crippen molar-refractivity contribution in [3.63, 3.8) is 0 Å². The van der Waals surface area contributed by atoms with E-state index in [1.54, 1.807) is 19.3 Å². The molecule has 102 valence electrons. The molecule has 0 amide bonds. The van der Waals surface area contributed by atoms with E-state index in [4.69, 9.17) is 0 Å². The fourth-order valence-corrected chi connectivity index (χ4v) is 6.42. The van der Waals surface area contributed by atoms with Crippen molar-refractivity contribution in [2.24, 2.45) is 41.4 Å². The third-order valence-electron chi connectivity index (χ3n) is 7.03. The van der Waals surface area contributed by atoms with Gasteiger partial charge in [0.05, 0.1) is 0 Å². The van der Waals surface area contributed by atoms with Gasteiger partial charge in [-0.05, 0) is 80.6 Å². The second-order valence-corrected chi connectivity index (χ2v) is 7.91. The van der Waals surface area contributed by atoms with E-state index in [0.717, 1.165) is 47.5 Å². The molecule has 0 saturated heterocycles. The topological polar surface area (TPSA) is 12.0 Å². The Morgan fingerprint density at radius 1 is 0.944 bits per heavy atom. The molecule has 7 unspecified atom stereocenters. The van der Waals surface area contributed by atoms with E-state index in [2.05, 4.69) is 19.3 Å². The number of nitrogens with one attached hydrogen (secondary N) is 1. The molecule has 4 fully saturated rings. The molecule has 2 bridgehead atoms. The summed E-state index contributed by atoms with van der Waals surface area (Å²) in [4.78, 5) is 0. The molecule has 1 N–H and O–H groups in total. The third kappa shape index (κ3) is 1.62. The fourth-order valence-electron chi connectivity index (χ4n) is 6.42. The molecule has 0 spiro atoms. The van der Waals surface area contributed by atoms with Crippen molar-refractivity contribution in [3.05, 3.63) is 0 Å². The Labute approximate surface area is 112 Å². The van der Waals surface area contributed by atoms with E-state index < -0.39 is 0 Å². The van der Waals surface area contributed by atoms with E-state index >= 15 is 0 Å². The summed E-state index contributed by atoms with van der Waals surface area (Å²) in [6.45, 7) is 2.47. The second-order valence-electron chi connectivity index (χ2n) is 7.91. The van der Waals surface area contributed by atoms with E-state index in [1.807, 2.05) is 0 Å². The van der Waals surface area contributed by atoms with Crippen molar-refractivity contribution in [3.8, 4) is 0 Å². The normalized spacial score (nSPS) is 55.3. The minimum absolute atomic E-state index is 0.867. The first-order valence-electron chi connectivity index (χ1n) is 8.47. The summed E-state index contributed by atoms with van der Waals surface area (Å²) in [6.07, 6.45) is 10.7. The lowest BCUT2D eigenvalue weighted by atomic mass is 9.76. The molecule has 0 aromatic carbocycles. The molecule has 0 radical (unpaired) electrons. The number of fused-ring (bicyclic) bond motifs is 5. The Hall–Kier alpha value is -0.0400. The maximum absolute atomic E-state index is 3.75. The number of hydrogen-bond donors (Lipinski definition) is 1. The molecule has 1 heteroatoms. The Morgan fingerprint density at radius 3 is 2.28 bits per heavy atom. The van der Waals surface area contributed by atoms with Gasteiger partial charge in [0.2, 0.25) is 0 Å². The van der Waals surface area contributed by atoms with Crippen LogP contribution in [-0.2, 0) is 0 Å². The van der Waals surface area contributed by atoms with Crippen LogP contribution in [0.5, 0.6) is 0 Å². The van der Waals surface area contributed by atoms with Crippen LogP contribution in [0.25, 0.3) is 0 Å². The van der Waals surface area contributed by atoms with Crippen LogP contribution in [0, 0.1) is 41.4 Å². The van der Waals surface area contributed by atoms with Crippen LogP contribution in [0.1, 0.15) is 51.9 Å². The van der Waals surface area contributed by atoms with Crippen LogP contribution in [-0.4, -0.2) is 13.1 Å². The maximum atomic E-state index is 3.75. The van der Waals surface area contributed by atoms with Crippen molar-refractivity contribution >= 4 is 0 Å². The van der Waals surface area contributed by atoms with Crippen molar-refractivity contribution in [1.82, 2.24) is 5.32 Å². The quantitative estimate of drug-likeness (QED) is 0.802. The van der Waals surface area contributed by atoms with Gasteiger partial charge in [-0.25, -0.2) is 0 Å². The average Bonchev–Trinajstić information content (AvgIpc) is 2.80. The Kier molecular flexibility index (Phi) is 2.76. The highest BCUT2D eigenvalue weighted by molar-refractivity contribution is 5.16. The minimum Gasteiger partial charge on any atom is -0.316 e. The molecular formula is C17H29N. The summed E-state index contributed by atoms with van der Waals surface area (Å²) in [5.74, 6) is 7.64. The van der Waals surface area contributed by atoms with Crippen LogP contribution in [0.4, 0.5) is 0 Å². The molecule has 1 nitrogen and oxygen atoms in total. The van der Waals surface area contributed by atoms with Gasteiger partial charge in [-0.3, -0.25) is 0 Å². The zero-order valence-electron chi connectivity index (χ0n) is 12.1. The van der Waals surface area contributed by atoms with Gasteiger partial charge < -0.3 is 5.32 Å². The summed E-state index contributed by atoms with van der Waals surface area (Å²) in [6, 6.07) is 0.867. The number of rotatable bonds is 3. The maximum Gasteiger partial charge on any atom is 0.0126 e. The van der Waals surface area contributed by atoms with E-state index in [9.17, 15) is 0 Å². The first-order valence-corrected chi connectivity index (χ1v) is 8.47. The van der Waals surface area contributed by atoms with Crippen LogP contribution in [0.3, 0.4) is 0 Å². The van der Waals surface area contributed by atoms with E-state index in [-0.39, 0.29) is 0 Å². The lowest BCUT2D eigenvalue weighted by Gasteiger charge is -2.34. The van der Waals surface area contributed by atoms with Crippen molar-refractivity contribution < 1.29 is 0 Å². The predicted molar refractivity (Wildman–Crippen MR) is 75.3 cm³/mol. The monoisotopic (exact) mass is 247 g/mol. The van der Waals surface area contributed by atoms with Gasteiger partial charge in [-0.1, -0.05) is 19.8 Å². The molecule has 4 aliphatic carbocycles. The standard InChI is InChI=1S/C17H29N/c1-10-4-3-5-13(8-10)17(18-2)16-14-11-6-7-12(9-11)15(14)16/h10-18H,3-9H2,1-2H3. The smallest absolute Gasteiger partial charge is 0.0126 e. The highest BCUT2D eigenvalue weighted by atomic mass is 14.9. The molecule has 0 aromatic heterocycles. The molecule has 4 rings (SSSR count). The van der Waals surface area contributed by atoms with Gasteiger partial charge in [0.25, 0.3) is 0 Å². The van der Waals surface area contributed by atoms with Crippen molar-refractivity contribution in [2.45, 2.75) is 57.9 Å². The fraction of sp³-hybridized carbons (Fsp3) is 1.00. The molecule has 0 aliphatic heterocycles. The molecule has 4 saturated carbocycles. The Morgan fingerprint density at radius 2 is 1.67 bits per heavy atom. The zero-order valence-corrected chi connectivity index (χ0v) is 12.1. The Bertz CT molecular complexity index is 310. The highest BCUT2D eigenvalue weighted by Crippen LogP contribution is 2.71. The van der Waals surface area contributed by atoms with E-state index in [0.29, 0.717) is 0 Å². The van der Waals surface area contributed by atoms with Gasteiger partial charge >= 0.3 is 0 Å². The number of hydrogen-bond acceptors (Lipinski definition) is 1. The summed E-state index contributed by atoms with van der Waals surface area (Å²) in [5.41, 5.74) is 0. The first kappa shape index (κ1) is 11.8. The van der Waals surface area contributed by atoms with Crippen LogP contribution >= 0.6 is 0 Å². The van der Waals surface area contributed by atoms with Crippen LogP contribution < -0.4 is 5.32 Å². The minimum atomic E-state index is 0.867. The molecule has 0 heterocycles. The third-order valence-corrected chi connectivity index (χ3v) is 7.03. The van der Waals surface area contributed by atoms with Crippen molar-refractivity contribution in [1.29, 1.82) is 0 Å². The average molecular weight is 247 g/mol.